The van der Waals surface area contributed by atoms with Crippen molar-refractivity contribution in [2.24, 2.45) is 0 Å². The number of anilines is 1. The summed E-state index contributed by atoms with van der Waals surface area (Å²) < 4.78 is 5.85. The predicted molar refractivity (Wildman–Crippen MR) is 91.4 cm³/mol. The predicted octanol–water partition coefficient (Wildman–Crippen LogP) is 3.57. The van der Waals surface area contributed by atoms with E-state index in [1.807, 2.05) is 24.3 Å². The first-order valence-electron chi connectivity index (χ1n) is 7.51. The molecule has 23 heavy (non-hydrogen) atoms. The summed E-state index contributed by atoms with van der Waals surface area (Å²) in [4.78, 5) is 14.1. The Morgan fingerprint density at radius 2 is 1.78 bits per heavy atom. The molecule has 0 bridgehead atoms. The number of carbonyl (C=O) groups excluding carboxylic acids is 1. The maximum Gasteiger partial charge on any atom is 0.322 e. The molecule has 3 rings (SSSR count). The van der Waals surface area contributed by atoms with E-state index in [2.05, 4.69) is 10.6 Å². The Bertz CT molecular complexity index is 670. The minimum atomic E-state index is -0.112. The first kappa shape index (κ1) is 15.6. The van der Waals surface area contributed by atoms with Gasteiger partial charge in [0.2, 0.25) is 0 Å². The molecule has 2 aromatic rings. The Morgan fingerprint density at radius 1 is 1.09 bits per heavy atom. The van der Waals surface area contributed by atoms with Crippen LogP contribution in [0.3, 0.4) is 0 Å². The fourth-order valence-electron chi connectivity index (χ4n) is 2.35. The Balaban J connectivity index is 1.72. The molecule has 120 valence electrons. The number of benzene rings is 2. The summed E-state index contributed by atoms with van der Waals surface area (Å²) >= 11 is 5.88. The van der Waals surface area contributed by atoms with Crippen LogP contribution < -0.4 is 15.4 Å². The molecule has 0 unspecified atom stereocenters. The normalized spacial score (nSPS) is 14.4. The highest BCUT2D eigenvalue weighted by molar-refractivity contribution is 6.30. The van der Waals surface area contributed by atoms with E-state index in [-0.39, 0.29) is 6.03 Å². The average Bonchev–Trinajstić information content (AvgIpc) is 2.59. The first-order valence-corrected chi connectivity index (χ1v) is 7.89. The van der Waals surface area contributed by atoms with Crippen LogP contribution in [0.5, 0.6) is 11.5 Å². The van der Waals surface area contributed by atoms with Gasteiger partial charge < -0.3 is 20.3 Å². The van der Waals surface area contributed by atoms with Gasteiger partial charge in [0.25, 0.3) is 0 Å². The van der Waals surface area contributed by atoms with Gasteiger partial charge in [-0.1, -0.05) is 23.7 Å². The number of nitrogens with zero attached hydrogens (tertiary/aromatic N) is 1. The number of hydrogen-bond acceptors (Lipinski definition) is 3. The van der Waals surface area contributed by atoms with Crippen molar-refractivity contribution < 1.29 is 9.53 Å². The lowest BCUT2D eigenvalue weighted by Crippen LogP contribution is -2.48. The molecule has 0 aromatic heterocycles. The molecule has 0 saturated carbocycles. The Hall–Kier alpha value is -2.24. The number of urea groups is 1. The summed E-state index contributed by atoms with van der Waals surface area (Å²) in [5, 5.41) is 6.80. The fraction of sp³-hybridized carbons (Fsp3) is 0.235. The third-order valence-electron chi connectivity index (χ3n) is 3.57. The average molecular weight is 332 g/mol. The highest BCUT2D eigenvalue weighted by Gasteiger charge is 2.17. The summed E-state index contributed by atoms with van der Waals surface area (Å²) in [5.74, 6) is 1.26. The molecule has 1 saturated heterocycles. The molecular weight excluding hydrogens is 314 g/mol. The molecule has 6 heteroatoms. The molecule has 2 aromatic carbocycles. The van der Waals surface area contributed by atoms with E-state index in [0.717, 1.165) is 13.1 Å². The molecule has 2 amide bonds. The molecule has 1 heterocycles. The number of piperazine rings is 1. The maximum atomic E-state index is 12.3. The minimum absolute atomic E-state index is 0.112. The largest absolute Gasteiger partial charge is 0.455 e. The second-order valence-electron chi connectivity index (χ2n) is 5.22. The molecule has 0 atom stereocenters. The van der Waals surface area contributed by atoms with Crippen molar-refractivity contribution in [2.75, 3.05) is 31.5 Å². The van der Waals surface area contributed by atoms with Crippen LogP contribution in [0.4, 0.5) is 10.5 Å². The van der Waals surface area contributed by atoms with E-state index in [9.17, 15) is 4.79 Å². The van der Waals surface area contributed by atoms with E-state index >= 15 is 0 Å². The number of nitrogens with one attached hydrogen (secondary N) is 2. The van der Waals surface area contributed by atoms with Gasteiger partial charge in [0.1, 0.15) is 5.75 Å². The van der Waals surface area contributed by atoms with Gasteiger partial charge in [0, 0.05) is 31.2 Å². The van der Waals surface area contributed by atoms with Gasteiger partial charge in [0.15, 0.2) is 5.75 Å². The van der Waals surface area contributed by atoms with Crippen molar-refractivity contribution in [3.05, 3.63) is 53.6 Å². The lowest BCUT2D eigenvalue weighted by Gasteiger charge is -2.27. The summed E-state index contributed by atoms with van der Waals surface area (Å²) in [6.07, 6.45) is 0. The smallest absolute Gasteiger partial charge is 0.322 e. The lowest BCUT2D eigenvalue weighted by atomic mass is 10.3. The highest BCUT2D eigenvalue weighted by atomic mass is 35.5. The van der Waals surface area contributed by atoms with Crippen molar-refractivity contribution in [2.45, 2.75) is 0 Å². The standard InChI is InChI=1S/C17H18ClN3O2/c18-13-5-7-14(8-6-13)23-16-4-2-1-3-15(16)20-17(22)21-11-9-19-10-12-21/h1-8,19H,9-12H2,(H,20,22). The van der Waals surface area contributed by atoms with Gasteiger partial charge in [-0.05, 0) is 36.4 Å². The van der Waals surface area contributed by atoms with Crippen molar-refractivity contribution in [1.29, 1.82) is 0 Å². The maximum absolute atomic E-state index is 12.3. The molecule has 2 N–H and O–H groups in total. The number of halogens is 1. The summed E-state index contributed by atoms with van der Waals surface area (Å²) in [6, 6.07) is 14.4. The highest BCUT2D eigenvalue weighted by Crippen LogP contribution is 2.30. The van der Waals surface area contributed by atoms with Crippen LogP contribution in [-0.4, -0.2) is 37.1 Å². The molecule has 0 aliphatic carbocycles. The van der Waals surface area contributed by atoms with Crippen LogP contribution in [0.2, 0.25) is 5.02 Å². The third kappa shape index (κ3) is 4.15. The van der Waals surface area contributed by atoms with E-state index in [0.29, 0.717) is 35.3 Å². The van der Waals surface area contributed by atoms with Crippen LogP contribution >= 0.6 is 11.6 Å². The second-order valence-corrected chi connectivity index (χ2v) is 5.66. The van der Waals surface area contributed by atoms with Gasteiger partial charge in [-0.25, -0.2) is 4.79 Å². The SMILES string of the molecule is O=C(Nc1ccccc1Oc1ccc(Cl)cc1)N1CCNCC1. The van der Waals surface area contributed by atoms with Gasteiger partial charge in [-0.3, -0.25) is 0 Å². The van der Waals surface area contributed by atoms with Crippen molar-refractivity contribution in [1.82, 2.24) is 10.2 Å². The van der Waals surface area contributed by atoms with E-state index in [1.165, 1.54) is 0 Å². The van der Waals surface area contributed by atoms with Gasteiger partial charge >= 0.3 is 6.03 Å². The zero-order chi connectivity index (χ0) is 16.1. The Labute approximate surface area is 140 Å². The monoisotopic (exact) mass is 331 g/mol. The second kappa shape index (κ2) is 7.35. The summed E-state index contributed by atoms with van der Waals surface area (Å²) in [5.41, 5.74) is 0.644. The molecule has 1 aliphatic heterocycles. The molecule has 1 fully saturated rings. The minimum Gasteiger partial charge on any atom is -0.455 e. The summed E-state index contributed by atoms with van der Waals surface area (Å²) in [6.45, 7) is 3.03. The quantitative estimate of drug-likeness (QED) is 0.904. The van der Waals surface area contributed by atoms with Gasteiger partial charge in [0.05, 0.1) is 5.69 Å². The van der Waals surface area contributed by atoms with Crippen LogP contribution in [0.1, 0.15) is 0 Å². The molecule has 1 aliphatic rings. The number of rotatable bonds is 3. The lowest BCUT2D eigenvalue weighted by molar-refractivity contribution is 0.204. The van der Waals surface area contributed by atoms with Crippen LogP contribution in [0.15, 0.2) is 48.5 Å². The van der Waals surface area contributed by atoms with Crippen LogP contribution in [-0.2, 0) is 0 Å². The van der Waals surface area contributed by atoms with Crippen LogP contribution in [0, 0.1) is 0 Å². The summed E-state index contributed by atoms with van der Waals surface area (Å²) in [7, 11) is 0. The third-order valence-corrected chi connectivity index (χ3v) is 3.83. The Kier molecular flexibility index (Phi) is 5.00. The Morgan fingerprint density at radius 3 is 2.52 bits per heavy atom. The van der Waals surface area contributed by atoms with E-state index < -0.39 is 0 Å². The van der Waals surface area contributed by atoms with Crippen molar-refractivity contribution in [3.8, 4) is 11.5 Å². The number of amides is 2. The van der Waals surface area contributed by atoms with Gasteiger partial charge in [-0.2, -0.15) is 0 Å². The van der Waals surface area contributed by atoms with E-state index in [1.54, 1.807) is 29.2 Å². The number of carbonyl (C=O) groups is 1. The fourth-order valence-corrected chi connectivity index (χ4v) is 2.48. The number of para-hydroxylation sites is 2. The molecular formula is C17H18ClN3O2. The first-order chi connectivity index (χ1) is 11.2. The topological polar surface area (TPSA) is 53.6 Å². The van der Waals surface area contributed by atoms with Crippen LogP contribution in [0.25, 0.3) is 0 Å². The van der Waals surface area contributed by atoms with Crippen molar-refractivity contribution in [3.63, 3.8) is 0 Å². The number of hydrogen-bond donors (Lipinski definition) is 2. The molecule has 0 spiro atoms. The van der Waals surface area contributed by atoms with E-state index in [4.69, 9.17) is 16.3 Å². The van der Waals surface area contributed by atoms with Gasteiger partial charge in [-0.15, -0.1) is 0 Å². The number of ether oxygens (including phenoxy) is 1. The molecule has 0 radical (unpaired) electrons. The zero-order valence-corrected chi connectivity index (χ0v) is 13.3. The zero-order valence-electron chi connectivity index (χ0n) is 12.6. The molecule has 5 nitrogen and oxygen atoms in total. The van der Waals surface area contributed by atoms with Crippen molar-refractivity contribution >= 4 is 23.3 Å².